The van der Waals surface area contributed by atoms with Crippen molar-refractivity contribution in [2.75, 3.05) is 18.8 Å². The lowest BCUT2D eigenvalue weighted by molar-refractivity contribution is 0.0791. The fourth-order valence-electron chi connectivity index (χ4n) is 2.97. The van der Waals surface area contributed by atoms with E-state index in [1.165, 1.54) is 0 Å². The molecule has 1 amide bonds. The first kappa shape index (κ1) is 13.7. The molecule has 5 nitrogen and oxygen atoms in total. The molecule has 0 unspecified atom stereocenters. The Morgan fingerprint density at radius 3 is 2.67 bits per heavy atom. The summed E-state index contributed by atoms with van der Waals surface area (Å²) in [5, 5.41) is 0.449. The minimum Gasteiger partial charge on any atom is -0.398 e. The molecule has 0 bridgehead atoms. The van der Waals surface area contributed by atoms with Gasteiger partial charge in [0.1, 0.15) is 5.56 Å². The minimum atomic E-state index is -0.260. The Morgan fingerprint density at radius 2 is 2.00 bits per heavy atom. The zero-order valence-corrected chi connectivity index (χ0v) is 12.1. The van der Waals surface area contributed by atoms with Crippen LogP contribution in [0.15, 0.2) is 29.2 Å². The van der Waals surface area contributed by atoms with Crippen molar-refractivity contribution in [2.24, 2.45) is 0 Å². The number of carbonyl (C=O) groups is 1. The van der Waals surface area contributed by atoms with Gasteiger partial charge in [-0.05, 0) is 31.9 Å². The summed E-state index contributed by atoms with van der Waals surface area (Å²) in [4.78, 5) is 27.0. The summed E-state index contributed by atoms with van der Waals surface area (Å²) in [6.07, 6.45) is 3.68. The highest BCUT2D eigenvalue weighted by molar-refractivity contribution is 6.00. The highest BCUT2D eigenvalue weighted by atomic mass is 16.2. The van der Waals surface area contributed by atoms with Gasteiger partial charge in [-0.1, -0.05) is 6.07 Å². The smallest absolute Gasteiger partial charge is 0.259 e. The van der Waals surface area contributed by atoms with Crippen LogP contribution >= 0.6 is 0 Å². The highest BCUT2D eigenvalue weighted by Gasteiger charge is 2.23. The standard InChI is InChI=1S/C16H19N3O2/c1-2-18-10-11(16(21)19-8-3-4-9-19)15(20)14-12(17)6-5-7-13(14)18/h5-7,10H,2-4,8-9,17H2,1H3. The van der Waals surface area contributed by atoms with Crippen LogP contribution < -0.4 is 11.2 Å². The third kappa shape index (κ3) is 2.18. The molecule has 0 spiro atoms. The van der Waals surface area contributed by atoms with Crippen molar-refractivity contribution in [3.63, 3.8) is 0 Å². The third-order valence-electron chi connectivity index (χ3n) is 4.11. The number of nitrogens with zero attached hydrogens (tertiary/aromatic N) is 2. The molecule has 1 aliphatic heterocycles. The van der Waals surface area contributed by atoms with Gasteiger partial charge in [0.15, 0.2) is 0 Å². The number of rotatable bonds is 2. The van der Waals surface area contributed by atoms with Crippen LogP contribution in [0.1, 0.15) is 30.1 Å². The predicted molar refractivity (Wildman–Crippen MR) is 83.4 cm³/mol. The largest absolute Gasteiger partial charge is 0.398 e. The number of anilines is 1. The summed E-state index contributed by atoms with van der Waals surface area (Å²) < 4.78 is 1.91. The second-order valence-electron chi connectivity index (χ2n) is 5.40. The SMILES string of the molecule is CCn1cc(C(=O)N2CCCC2)c(=O)c2c(N)cccc21. The van der Waals surface area contributed by atoms with E-state index in [9.17, 15) is 9.59 Å². The Morgan fingerprint density at radius 1 is 1.29 bits per heavy atom. The highest BCUT2D eigenvalue weighted by Crippen LogP contribution is 2.20. The molecule has 5 heteroatoms. The van der Waals surface area contributed by atoms with Crippen LogP contribution in [0, 0.1) is 0 Å². The van der Waals surface area contributed by atoms with Crippen LogP contribution in [0.25, 0.3) is 10.9 Å². The van der Waals surface area contributed by atoms with Gasteiger partial charge in [0.25, 0.3) is 5.91 Å². The van der Waals surface area contributed by atoms with Crippen molar-refractivity contribution in [1.29, 1.82) is 0 Å². The Bertz CT molecular complexity index is 758. The molecule has 1 saturated heterocycles. The summed E-state index contributed by atoms with van der Waals surface area (Å²) in [5.41, 5.74) is 7.14. The van der Waals surface area contributed by atoms with Gasteiger partial charge in [0, 0.05) is 31.5 Å². The van der Waals surface area contributed by atoms with E-state index in [4.69, 9.17) is 5.73 Å². The molecule has 3 rings (SSSR count). The van der Waals surface area contributed by atoms with Crippen molar-refractivity contribution in [1.82, 2.24) is 9.47 Å². The molecular formula is C16H19N3O2. The second-order valence-corrected chi connectivity index (χ2v) is 5.40. The molecule has 2 heterocycles. The Labute approximate surface area is 123 Å². The van der Waals surface area contributed by atoms with Gasteiger partial charge in [-0.25, -0.2) is 0 Å². The average molecular weight is 285 g/mol. The molecule has 1 fully saturated rings. The number of pyridine rings is 1. The van der Waals surface area contributed by atoms with Gasteiger partial charge in [-0.2, -0.15) is 0 Å². The molecule has 110 valence electrons. The van der Waals surface area contributed by atoms with Gasteiger partial charge >= 0.3 is 0 Å². The summed E-state index contributed by atoms with van der Waals surface area (Å²) >= 11 is 0. The van der Waals surface area contributed by atoms with Crippen molar-refractivity contribution < 1.29 is 4.79 Å². The molecule has 0 atom stereocenters. The van der Waals surface area contributed by atoms with E-state index >= 15 is 0 Å². The Balaban J connectivity index is 2.24. The van der Waals surface area contributed by atoms with Crippen molar-refractivity contribution in [2.45, 2.75) is 26.3 Å². The van der Waals surface area contributed by atoms with Crippen LogP contribution in [0.3, 0.4) is 0 Å². The molecule has 21 heavy (non-hydrogen) atoms. The maximum atomic E-state index is 12.7. The topological polar surface area (TPSA) is 68.3 Å². The molecule has 2 aromatic rings. The Kier molecular flexibility index (Phi) is 3.41. The van der Waals surface area contributed by atoms with Gasteiger partial charge in [0.05, 0.1) is 10.9 Å². The number of fused-ring (bicyclic) bond motifs is 1. The van der Waals surface area contributed by atoms with Crippen molar-refractivity contribution in [3.05, 3.63) is 40.2 Å². The van der Waals surface area contributed by atoms with Gasteiger partial charge in [-0.15, -0.1) is 0 Å². The number of nitrogen functional groups attached to an aromatic ring is 1. The van der Waals surface area contributed by atoms with E-state index in [2.05, 4.69) is 0 Å². The van der Waals surface area contributed by atoms with Crippen LogP contribution in [-0.2, 0) is 6.54 Å². The third-order valence-corrected chi connectivity index (χ3v) is 4.11. The number of aryl methyl sites for hydroxylation is 1. The molecule has 1 aliphatic rings. The number of carbonyl (C=O) groups excluding carboxylic acids is 1. The van der Waals surface area contributed by atoms with Crippen LogP contribution in [0.4, 0.5) is 5.69 Å². The molecule has 1 aromatic carbocycles. The summed E-state index contributed by atoms with van der Waals surface area (Å²) in [6.45, 7) is 4.12. The molecular weight excluding hydrogens is 266 g/mol. The minimum absolute atomic E-state index is 0.176. The second kappa shape index (κ2) is 5.24. The molecule has 2 N–H and O–H groups in total. The number of nitrogens with two attached hydrogens (primary N) is 1. The van der Waals surface area contributed by atoms with E-state index in [0.29, 0.717) is 17.6 Å². The van der Waals surface area contributed by atoms with E-state index < -0.39 is 0 Å². The molecule has 0 radical (unpaired) electrons. The van der Waals surface area contributed by atoms with E-state index in [-0.39, 0.29) is 16.9 Å². The molecule has 0 saturated carbocycles. The molecule has 0 aliphatic carbocycles. The van der Waals surface area contributed by atoms with Crippen LogP contribution in [-0.4, -0.2) is 28.5 Å². The lowest BCUT2D eigenvalue weighted by atomic mass is 10.1. The number of amides is 1. The van der Waals surface area contributed by atoms with E-state index in [0.717, 1.165) is 31.4 Å². The number of hydrogen-bond donors (Lipinski definition) is 1. The quantitative estimate of drug-likeness (QED) is 0.856. The maximum absolute atomic E-state index is 12.7. The van der Waals surface area contributed by atoms with Crippen molar-refractivity contribution >= 4 is 22.5 Å². The fourth-order valence-corrected chi connectivity index (χ4v) is 2.97. The fraction of sp³-hybridized carbons (Fsp3) is 0.375. The van der Waals surface area contributed by atoms with E-state index in [1.807, 2.05) is 23.6 Å². The summed E-state index contributed by atoms with van der Waals surface area (Å²) in [7, 11) is 0. The number of aromatic nitrogens is 1. The lowest BCUT2D eigenvalue weighted by Gasteiger charge is -2.17. The maximum Gasteiger partial charge on any atom is 0.259 e. The van der Waals surface area contributed by atoms with Gasteiger partial charge < -0.3 is 15.2 Å². The monoisotopic (exact) mass is 285 g/mol. The van der Waals surface area contributed by atoms with Crippen LogP contribution in [0.2, 0.25) is 0 Å². The average Bonchev–Trinajstić information content (AvgIpc) is 3.01. The summed E-state index contributed by atoms with van der Waals surface area (Å²) in [6, 6.07) is 5.39. The first-order chi connectivity index (χ1) is 10.1. The van der Waals surface area contributed by atoms with E-state index in [1.54, 1.807) is 17.2 Å². The normalized spacial score (nSPS) is 14.8. The first-order valence-corrected chi connectivity index (χ1v) is 7.34. The zero-order valence-electron chi connectivity index (χ0n) is 12.1. The number of likely N-dealkylation sites (tertiary alicyclic amines) is 1. The summed E-state index contributed by atoms with van der Waals surface area (Å²) in [5.74, 6) is -0.176. The first-order valence-electron chi connectivity index (χ1n) is 7.34. The number of benzene rings is 1. The van der Waals surface area contributed by atoms with Gasteiger partial charge in [0.2, 0.25) is 5.43 Å². The lowest BCUT2D eigenvalue weighted by Crippen LogP contribution is -2.32. The van der Waals surface area contributed by atoms with Crippen LogP contribution in [0.5, 0.6) is 0 Å². The molecule has 1 aromatic heterocycles. The van der Waals surface area contributed by atoms with Crippen molar-refractivity contribution in [3.8, 4) is 0 Å². The zero-order chi connectivity index (χ0) is 15.0. The Hall–Kier alpha value is -2.30. The number of hydrogen-bond acceptors (Lipinski definition) is 3. The van der Waals surface area contributed by atoms with Gasteiger partial charge in [-0.3, -0.25) is 9.59 Å². The predicted octanol–water partition coefficient (Wildman–Crippen LogP) is 1.84.